The molecule has 3 rings (SSSR count). The van der Waals surface area contributed by atoms with Gasteiger partial charge in [-0.1, -0.05) is 12.1 Å². The minimum atomic E-state index is -0.746. The largest absolute Gasteiger partial charge is 0.334 e. The zero-order chi connectivity index (χ0) is 16.9. The summed E-state index contributed by atoms with van der Waals surface area (Å²) in [5, 5.41) is 21.8. The van der Waals surface area contributed by atoms with Gasteiger partial charge in [0.05, 0.1) is 17.8 Å². The van der Waals surface area contributed by atoms with Gasteiger partial charge in [-0.15, -0.1) is 5.10 Å². The van der Waals surface area contributed by atoms with Crippen LogP contribution in [0.5, 0.6) is 0 Å². The quantitative estimate of drug-likeness (QED) is 0.764. The Balaban J connectivity index is 1.83. The van der Waals surface area contributed by atoms with Crippen molar-refractivity contribution in [3.05, 3.63) is 65.9 Å². The molecule has 8 heteroatoms. The minimum Gasteiger partial charge on any atom is -0.334 e. The Kier molecular flexibility index (Phi) is 4.25. The lowest BCUT2D eigenvalue weighted by atomic mass is 10.2. The summed E-state index contributed by atoms with van der Waals surface area (Å²) in [5.41, 5.74) is 0.733. The highest BCUT2D eigenvalue weighted by molar-refractivity contribution is 5.60. The highest BCUT2D eigenvalue weighted by Gasteiger charge is 2.10. The molecule has 2 aromatic carbocycles. The number of nitriles is 1. The molecule has 0 aliphatic carbocycles. The topological polar surface area (TPSA) is 86.5 Å². The molecule has 0 fully saturated rings. The Morgan fingerprint density at radius 1 is 1.00 bits per heavy atom. The van der Waals surface area contributed by atoms with Gasteiger partial charge in [-0.2, -0.15) is 15.3 Å². The van der Waals surface area contributed by atoms with Crippen molar-refractivity contribution in [1.82, 2.24) is 15.2 Å². The Bertz CT molecular complexity index is 902. The van der Waals surface area contributed by atoms with Crippen LogP contribution in [0, 0.1) is 23.0 Å². The van der Waals surface area contributed by atoms with Crippen molar-refractivity contribution in [2.45, 2.75) is 0 Å². The van der Waals surface area contributed by atoms with Crippen molar-refractivity contribution in [2.75, 3.05) is 10.6 Å². The van der Waals surface area contributed by atoms with Gasteiger partial charge in [0.1, 0.15) is 17.3 Å². The van der Waals surface area contributed by atoms with Crippen LogP contribution in [-0.4, -0.2) is 15.2 Å². The van der Waals surface area contributed by atoms with E-state index >= 15 is 0 Å². The first-order valence-corrected chi connectivity index (χ1v) is 6.83. The fourth-order valence-corrected chi connectivity index (χ4v) is 1.96. The van der Waals surface area contributed by atoms with E-state index in [0.717, 1.165) is 12.1 Å². The number of hydrogen-bond donors (Lipinski definition) is 2. The molecule has 24 heavy (non-hydrogen) atoms. The standard InChI is InChI=1S/C16H10F2N6/c17-12-5-2-6-13(18)15(12)22-14-9-20-24-16(23-14)21-11-4-1-3-10(7-11)8-19/h1-7,9H,(H2,21,22,23,24). The summed E-state index contributed by atoms with van der Waals surface area (Å²) in [6.07, 6.45) is 1.24. The average molecular weight is 324 g/mol. The van der Waals surface area contributed by atoms with E-state index < -0.39 is 11.6 Å². The second kappa shape index (κ2) is 6.66. The molecule has 0 unspecified atom stereocenters. The maximum absolute atomic E-state index is 13.7. The second-order valence-corrected chi connectivity index (χ2v) is 4.70. The normalized spacial score (nSPS) is 10.0. The predicted octanol–water partition coefficient (Wildman–Crippen LogP) is 3.51. The highest BCUT2D eigenvalue weighted by Crippen LogP contribution is 2.22. The highest BCUT2D eigenvalue weighted by atomic mass is 19.1. The van der Waals surface area contributed by atoms with E-state index in [-0.39, 0.29) is 17.5 Å². The van der Waals surface area contributed by atoms with Gasteiger partial charge in [0.2, 0.25) is 5.95 Å². The first-order valence-electron chi connectivity index (χ1n) is 6.83. The van der Waals surface area contributed by atoms with Crippen LogP contribution >= 0.6 is 0 Å². The number of halogens is 2. The number of anilines is 4. The minimum absolute atomic E-state index is 0.117. The number of benzene rings is 2. The summed E-state index contributed by atoms with van der Waals surface area (Å²) in [4.78, 5) is 4.09. The summed E-state index contributed by atoms with van der Waals surface area (Å²) >= 11 is 0. The molecule has 2 N–H and O–H groups in total. The average Bonchev–Trinajstić information content (AvgIpc) is 2.59. The van der Waals surface area contributed by atoms with Gasteiger partial charge in [-0.05, 0) is 30.3 Å². The molecule has 3 aromatic rings. The fourth-order valence-electron chi connectivity index (χ4n) is 1.96. The summed E-state index contributed by atoms with van der Waals surface area (Å²) < 4.78 is 27.3. The first-order chi connectivity index (χ1) is 11.7. The fraction of sp³-hybridized carbons (Fsp3) is 0. The number of para-hydroxylation sites is 1. The van der Waals surface area contributed by atoms with Crippen molar-refractivity contribution in [1.29, 1.82) is 5.26 Å². The third-order valence-corrected chi connectivity index (χ3v) is 3.02. The second-order valence-electron chi connectivity index (χ2n) is 4.70. The first kappa shape index (κ1) is 15.3. The van der Waals surface area contributed by atoms with Crippen LogP contribution in [0.4, 0.5) is 31.9 Å². The van der Waals surface area contributed by atoms with Crippen LogP contribution in [0.1, 0.15) is 5.56 Å². The van der Waals surface area contributed by atoms with Gasteiger partial charge in [0.15, 0.2) is 5.82 Å². The van der Waals surface area contributed by atoms with E-state index in [1.807, 2.05) is 6.07 Å². The molecule has 0 saturated carbocycles. The van der Waals surface area contributed by atoms with Crippen molar-refractivity contribution in [3.8, 4) is 6.07 Å². The van der Waals surface area contributed by atoms with Gasteiger partial charge in [-0.3, -0.25) is 0 Å². The summed E-state index contributed by atoms with van der Waals surface area (Å²) in [5.74, 6) is -1.26. The molecule has 0 radical (unpaired) electrons. The van der Waals surface area contributed by atoms with Crippen molar-refractivity contribution >= 4 is 23.1 Å². The molecule has 1 aromatic heterocycles. The zero-order valence-corrected chi connectivity index (χ0v) is 12.2. The smallest absolute Gasteiger partial charge is 0.249 e. The Hall–Kier alpha value is -3.60. The molecule has 0 spiro atoms. The number of rotatable bonds is 4. The van der Waals surface area contributed by atoms with Crippen molar-refractivity contribution in [3.63, 3.8) is 0 Å². The van der Waals surface area contributed by atoms with E-state index in [1.54, 1.807) is 24.3 Å². The lowest BCUT2D eigenvalue weighted by Crippen LogP contribution is -2.04. The van der Waals surface area contributed by atoms with Gasteiger partial charge in [0, 0.05) is 5.69 Å². The van der Waals surface area contributed by atoms with E-state index in [2.05, 4.69) is 25.8 Å². The van der Waals surface area contributed by atoms with E-state index in [4.69, 9.17) is 5.26 Å². The van der Waals surface area contributed by atoms with E-state index in [0.29, 0.717) is 11.3 Å². The Morgan fingerprint density at radius 2 is 1.75 bits per heavy atom. The number of hydrogen-bond acceptors (Lipinski definition) is 6. The van der Waals surface area contributed by atoms with Crippen LogP contribution < -0.4 is 10.6 Å². The number of aromatic nitrogens is 3. The molecule has 1 heterocycles. The third kappa shape index (κ3) is 3.41. The van der Waals surface area contributed by atoms with Gasteiger partial charge < -0.3 is 10.6 Å². The van der Waals surface area contributed by atoms with Crippen LogP contribution in [0.3, 0.4) is 0 Å². The third-order valence-electron chi connectivity index (χ3n) is 3.02. The molecule has 0 saturated heterocycles. The molecule has 6 nitrogen and oxygen atoms in total. The van der Waals surface area contributed by atoms with Crippen LogP contribution in [0.15, 0.2) is 48.7 Å². The molecule has 118 valence electrons. The molecule has 0 amide bonds. The van der Waals surface area contributed by atoms with E-state index in [9.17, 15) is 8.78 Å². The SMILES string of the molecule is N#Cc1cccc(Nc2nncc(Nc3c(F)cccc3F)n2)c1. The molecule has 0 atom stereocenters. The molecule has 0 aliphatic rings. The maximum atomic E-state index is 13.7. The molecular weight excluding hydrogens is 314 g/mol. The zero-order valence-electron chi connectivity index (χ0n) is 12.2. The van der Waals surface area contributed by atoms with Gasteiger partial charge in [0.25, 0.3) is 0 Å². The van der Waals surface area contributed by atoms with Gasteiger partial charge in [-0.25, -0.2) is 8.78 Å². The summed E-state index contributed by atoms with van der Waals surface area (Å²) in [6, 6.07) is 12.2. The predicted molar refractivity (Wildman–Crippen MR) is 83.9 cm³/mol. The van der Waals surface area contributed by atoms with Crippen molar-refractivity contribution in [2.24, 2.45) is 0 Å². The summed E-state index contributed by atoms with van der Waals surface area (Å²) in [7, 11) is 0. The molecular formula is C16H10F2N6. The number of nitrogens with zero attached hydrogens (tertiary/aromatic N) is 4. The molecule has 0 bridgehead atoms. The van der Waals surface area contributed by atoms with Crippen LogP contribution in [0.25, 0.3) is 0 Å². The van der Waals surface area contributed by atoms with Crippen molar-refractivity contribution < 1.29 is 8.78 Å². The van der Waals surface area contributed by atoms with Crippen LogP contribution in [-0.2, 0) is 0 Å². The lowest BCUT2D eigenvalue weighted by molar-refractivity contribution is 0.590. The lowest BCUT2D eigenvalue weighted by Gasteiger charge is -2.09. The van der Waals surface area contributed by atoms with E-state index in [1.165, 1.54) is 12.3 Å². The van der Waals surface area contributed by atoms with Gasteiger partial charge >= 0.3 is 0 Å². The van der Waals surface area contributed by atoms with Crippen LogP contribution in [0.2, 0.25) is 0 Å². The monoisotopic (exact) mass is 324 g/mol. The Morgan fingerprint density at radius 3 is 2.50 bits per heavy atom. The Labute approximate surface area is 135 Å². The summed E-state index contributed by atoms with van der Waals surface area (Å²) in [6.45, 7) is 0. The molecule has 0 aliphatic heterocycles. The number of nitrogens with one attached hydrogen (secondary N) is 2. The maximum Gasteiger partial charge on any atom is 0.249 e.